The van der Waals surface area contributed by atoms with E-state index in [0.29, 0.717) is 6.61 Å². The smallest absolute Gasteiger partial charge is 0.159 e. The molecule has 0 fully saturated rings. The lowest BCUT2D eigenvalue weighted by atomic mass is 10.1. The number of hydrogen-bond donors (Lipinski definition) is 0. The van der Waals surface area contributed by atoms with Crippen LogP contribution in [0.4, 0.5) is 0 Å². The van der Waals surface area contributed by atoms with Crippen molar-refractivity contribution in [2.24, 2.45) is 0 Å². The number of benzene rings is 1. The zero-order valence-corrected chi connectivity index (χ0v) is 10.7. The molecule has 0 unspecified atom stereocenters. The molecule has 0 heterocycles. The summed E-state index contributed by atoms with van der Waals surface area (Å²) in [6, 6.07) is 7.22. The summed E-state index contributed by atoms with van der Waals surface area (Å²) in [4.78, 5) is 13.1. The van der Waals surface area contributed by atoms with Gasteiger partial charge >= 0.3 is 0 Å². The van der Waals surface area contributed by atoms with Crippen molar-refractivity contribution in [1.29, 1.82) is 0 Å². The molecule has 16 heavy (non-hydrogen) atoms. The van der Waals surface area contributed by atoms with Crippen LogP contribution in [0, 0.1) is 0 Å². The first-order valence-electron chi connectivity index (χ1n) is 4.98. The molecule has 0 saturated carbocycles. The summed E-state index contributed by atoms with van der Waals surface area (Å²) in [6.45, 7) is 3.10. The minimum atomic E-state index is 0. The van der Waals surface area contributed by atoms with Crippen molar-refractivity contribution in [2.75, 3.05) is 27.2 Å². The molecule has 0 saturated heterocycles. The Kier molecular flexibility index (Phi) is 6.77. The Bertz CT molecular complexity index is 322. The zero-order chi connectivity index (χ0) is 11.3. The molecule has 0 atom stereocenters. The summed E-state index contributed by atoms with van der Waals surface area (Å²) in [5, 5.41) is 0. The van der Waals surface area contributed by atoms with Crippen molar-refractivity contribution in [3.63, 3.8) is 0 Å². The van der Waals surface area contributed by atoms with E-state index in [9.17, 15) is 4.79 Å². The largest absolute Gasteiger partial charge is 0.492 e. The average molecular weight is 244 g/mol. The molecule has 0 aliphatic rings. The molecule has 3 nitrogen and oxygen atoms in total. The Balaban J connectivity index is 0.00000225. The number of ketones is 1. The van der Waals surface area contributed by atoms with Crippen LogP contribution in [0.5, 0.6) is 5.75 Å². The molecule has 1 rings (SSSR count). The van der Waals surface area contributed by atoms with E-state index in [4.69, 9.17) is 4.74 Å². The molecule has 0 aliphatic carbocycles. The first-order valence-corrected chi connectivity index (χ1v) is 4.98. The van der Waals surface area contributed by atoms with Crippen LogP contribution in [-0.2, 0) is 0 Å². The van der Waals surface area contributed by atoms with E-state index >= 15 is 0 Å². The number of halogens is 1. The van der Waals surface area contributed by atoms with Crippen LogP contribution in [-0.4, -0.2) is 37.9 Å². The van der Waals surface area contributed by atoms with Crippen molar-refractivity contribution < 1.29 is 9.53 Å². The number of carbonyl (C=O) groups excluding carboxylic acids is 1. The van der Waals surface area contributed by atoms with Gasteiger partial charge in [-0.05, 0) is 45.3 Å². The van der Waals surface area contributed by atoms with Gasteiger partial charge in [0, 0.05) is 12.1 Å². The van der Waals surface area contributed by atoms with Gasteiger partial charge in [0.1, 0.15) is 12.4 Å². The van der Waals surface area contributed by atoms with Crippen molar-refractivity contribution in [2.45, 2.75) is 6.92 Å². The highest BCUT2D eigenvalue weighted by atomic mass is 35.5. The van der Waals surface area contributed by atoms with Gasteiger partial charge in [-0.25, -0.2) is 0 Å². The average Bonchev–Trinajstić information content (AvgIpc) is 2.18. The molecular formula is C12H18ClNO2. The minimum Gasteiger partial charge on any atom is -0.492 e. The lowest BCUT2D eigenvalue weighted by Gasteiger charge is -2.10. The van der Waals surface area contributed by atoms with E-state index in [-0.39, 0.29) is 18.2 Å². The fraction of sp³-hybridized carbons (Fsp3) is 0.417. The number of likely N-dealkylation sites (N-methyl/N-ethyl adjacent to an activating group) is 1. The molecule has 0 radical (unpaired) electrons. The van der Waals surface area contributed by atoms with Gasteiger partial charge in [-0.15, -0.1) is 12.4 Å². The van der Waals surface area contributed by atoms with Gasteiger partial charge < -0.3 is 9.64 Å². The van der Waals surface area contributed by atoms with E-state index in [0.717, 1.165) is 17.9 Å². The normalized spacial score (nSPS) is 9.75. The van der Waals surface area contributed by atoms with Crippen LogP contribution < -0.4 is 4.74 Å². The second-order valence-corrected chi connectivity index (χ2v) is 3.73. The predicted molar refractivity (Wildman–Crippen MR) is 67.7 cm³/mol. The highest BCUT2D eigenvalue weighted by Crippen LogP contribution is 2.12. The van der Waals surface area contributed by atoms with Crippen molar-refractivity contribution in [3.8, 4) is 5.75 Å². The third-order valence-electron chi connectivity index (χ3n) is 2.07. The Morgan fingerprint density at radius 1 is 1.25 bits per heavy atom. The van der Waals surface area contributed by atoms with Gasteiger partial charge in [0.05, 0.1) is 0 Å². The molecule has 4 heteroatoms. The fourth-order valence-electron chi connectivity index (χ4n) is 1.13. The second-order valence-electron chi connectivity index (χ2n) is 3.73. The van der Waals surface area contributed by atoms with Gasteiger partial charge in [-0.3, -0.25) is 4.79 Å². The number of hydrogen-bond acceptors (Lipinski definition) is 3. The summed E-state index contributed by atoms with van der Waals surface area (Å²) in [6.07, 6.45) is 0. The van der Waals surface area contributed by atoms with Crippen molar-refractivity contribution in [3.05, 3.63) is 29.8 Å². The summed E-state index contributed by atoms with van der Waals surface area (Å²) in [7, 11) is 4.00. The molecule has 0 aromatic heterocycles. The van der Waals surface area contributed by atoms with Crippen LogP contribution in [0.15, 0.2) is 24.3 Å². The van der Waals surface area contributed by atoms with Crippen molar-refractivity contribution >= 4 is 18.2 Å². The summed E-state index contributed by atoms with van der Waals surface area (Å²) >= 11 is 0. The monoisotopic (exact) mass is 243 g/mol. The SMILES string of the molecule is CC(=O)c1ccc(OCCN(C)C)cc1.Cl. The Morgan fingerprint density at radius 2 is 1.81 bits per heavy atom. The van der Waals surface area contributed by atoms with Crippen LogP contribution in [0.25, 0.3) is 0 Å². The van der Waals surface area contributed by atoms with E-state index in [1.165, 1.54) is 0 Å². The fourth-order valence-corrected chi connectivity index (χ4v) is 1.13. The van der Waals surface area contributed by atoms with E-state index in [1.807, 2.05) is 26.2 Å². The minimum absolute atomic E-state index is 0. The lowest BCUT2D eigenvalue weighted by Crippen LogP contribution is -2.19. The number of rotatable bonds is 5. The standard InChI is InChI=1S/C12H17NO2.ClH/c1-10(14)11-4-6-12(7-5-11)15-9-8-13(2)3;/h4-7H,8-9H2,1-3H3;1H. The quantitative estimate of drug-likeness (QED) is 0.743. The maximum absolute atomic E-state index is 11.0. The molecule has 90 valence electrons. The van der Waals surface area contributed by atoms with Gasteiger partial charge in [0.2, 0.25) is 0 Å². The summed E-state index contributed by atoms with van der Waals surface area (Å²) < 4.78 is 5.50. The molecule has 0 N–H and O–H groups in total. The molecule has 0 aliphatic heterocycles. The molecule has 1 aromatic carbocycles. The van der Waals surface area contributed by atoms with Crippen LogP contribution in [0.1, 0.15) is 17.3 Å². The predicted octanol–water partition coefficient (Wildman–Crippen LogP) is 2.25. The van der Waals surface area contributed by atoms with Gasteiger partial charge in [-0.1, -0.05) is 0 Å². The zero-order valence-electron chi connectivity index (χ0n) is 9.90. The number of Topliss-reactive ketones (excluding diaryl/α,β-unsaturated/α-hetero) is 1. The maximum atomic E-state index is 11.0. The Hall–Kier alpha value is -1.06. The number of nitrogens with zero attached hydrogens (tertiary/aromatic N) is 1. The van der Waals surface area contributed by atoms with Gasteiger partial charge in [-0.2, -0.15) is 0 Å². The van der Waals surface area contributed by atoms with E-state index in [2.05, 4.69) is 4.90 Å². The molecule has 1 aromatic rings. The van der Waals surface area contributed by atoms with E-state index in [1.54, 1.807) is 19.1 Å². The molecule has 0 bridgehead atoms. The summed E-state index contributed by atoms with van der Waals surface area (Å²) in [5.74, 6) is 0.886. The highest BCUT2D eigenvalue weighted by molar-refractivity contribution is 5.94. The van der Waals surface area contributed by atoms with Gasteiger partial charge in [0.15, 0.2) is 5.78 Å². The Labute approximate surface area is 103 Å². The number of carbonyl (C=O) groups is 1. The summed E-state index contributed by atoms with van der Waals surface area (Å²) in [5.41, 5.74) is 0.718. The first-order chi connectivity index (χ1) is 7.09. The lowest BCUT2D eigenvalue weighted by molar-refractivity contribution is 0.101. The van der Waals surface area contributed by atoms with Crippen LogP contribution in [0.2, 0.25) is 0 Å². The van der Waals surface area contributed by atoms with E-state index < -0.39 is 0 Å². The van der Waals surface area contributed by atoms with Crippen molar-refractivity contribution in [1.82, 2.24) is 4.90 Å². The molecule has 0 spiro atoms. The molecular weight excluding hydrogens is 226 g/mol. The topological polar surface area (TPSA) is 29.5 Å². The third-order valence-corrected chi connectivity index (χ3v) is 2.07. The van der Waals surface area contributed by atoms with Crippen LogP contribution in [0.3, 0.4) is 0 Å². The molecule has 0 amide bonds. The third kappa shape index (κ3) is 5.14. The van der Waals surface area contributed by atoms with Gasteiger partial charge in [0.25, 0.3) is 0 Å². The Morgan fingerprint density at radius 3 is 2.25 bits per heavy atom. The maximum Gasteiger partial charge on any atom is 0.159 e. The first kappa shape index (κ1) is 14.9. The number of ether oxygens (including phenoxy) is 1. The second kappa shape index (κ2) is 7.25. The van der Waals surface area contributed by atoms with Crippen LogP contribution >= 0.6 is 12.4 Å². The highest BCUT2D eigenvalue weighted by Gasteiger charge is 1.99.